The van der Waals surface area contributed by atoms with Gasteiger partial charge in [-0.2, -0.15) is 0 Å². The molecule has 1 aliphatic heterocycles. The molecular weight excluding hydrogens is 160 g/mol. The van der Waals surface area contributed by atoms with Crippen LogP contribution in [0.5, 0.6) is 0 Å². The van der Waals surface area contributed by atoms with E-state index in [0.29, 0.717) is 23.4 Å². The summed E-state index contributed by atoms with van der Waals surface area (Å²) in [6, 6.07) is 0.388. The van der Waals surface area contributed by atoms with Crippen LogP contribution in [-0.2, 0) is 0 Å². The van der Waals surface area contributed by atoms with Crippen molar-refractivity contribution in [2.24, 2.45) is 17.6 Å². The molecule has 13 heavy (non-hydrogen) atoms. The Kier molecular flexibility index (Phi) is 3.03. The first-order valence-corrected chi connectivity index (χ1v) is 5.33. The van der Waals surface area contributed by atoms with Crippen molar-refractivity contribution in [1.82, 2.24) is 4.90 Å². The molecule has 78 valence electrons. The second-order valence-corrected chi connectivity index (χ2v) is 5.61. The Balaban J connectivity index is 2.64. The number of hydrogen-bond acceptors (Lipinski definition) is 2. The molecule has 0 aromatic heterocycles. The monoisotopic (exact) mass is 184 g/mol. The maximum Gasteiger partial charge on any atom is 0.0125 e. The molecule has 2 heteroatoms. The lowest BCUT2D eigenvalue weighted by Gasteiger charge is -2.46. The minimum absolute atomic E-state index is 0.294. The fraction of sp³-hybridized carbons (Fsp3) is 1.00. The van der Waals surface area contributed by atoms with Crippen LogP contribution in [0.2, 0.25) is 0 Å². The molecule has 1 fully saturated rings. The van der Waals surface area contributed by atoms with Gasteiger partial charge in [0.2, 0.25) is 0 Å². The number of likely N-dealkylation sites (tertiary alicyclic amines) is 1. The second-order valence-electron chi connectivity index (χ2n) is 5.61. The Morgan fingerprint density at radius 3 is 1.77 bits per heavy atom. The van der Waals surface area contributed by atoms with Crippen LogP contribution in [0, 0.1) is 11.8 Å². The lowest BCUT2D eigenvalue weighted by atomic mass is 9.84. The summed E-state index contributed by atoms with van der Waals surface area (Å²) < 4.78 is 0. The standard InChI is InChI=1S/C11H24N2/c1-8-6-13(11(3,4)5)7-9(2)10(8)12/h8-10H,6-7,12H2,1-5H3. The molecule has 1 heterocycles. The third-order valence-corrected chi connectivity index (χ3v) is 3.28. The van der Waals surface area contributed by atoms with Gasteiger partial charge in [-0.15, -0.1) is 0 Å². The van der Waals surface area contributed by atoms with Crippen LogP contribution in [0.25, 0.3) is 0 Å². The van der Waals surface area contributed by atoms with E-state index in [1.54, 1.807) is 0 Å². The molecule has 2 unspecified atom stereocenters. The first-order valence-electron chi connectivity index (χ1n) is 5.33. The van der Waals surface area contributed by atoms with Crippen LogP contribution in [0.4, 0.5) is 0 Å². The Morgan fingerprint density at radius 2 is 1.46 bits per heavy atom. The molecule has 1 aliphatic rings. The lowest BCUT2D eigenvalue weighted by molar-refractivity contribution is 0.0441. The fourth-order valence-electron chi connectivity index (χ4n) is 2.12. The maximum atomic E-state index is 6.10. The van der Waals surface area contributed by atoms with Crippen LogP contribution < -0.4 is 5.73 Å². The van der Waals surface area contributed by atoms with Gasteiger partial charge in [-0.05, 0) is 32.6 Å². The van der Waals surface area contributed by atoms with E-state index >= 15 is 0 Å². The Morgan fingerprint density at radius 1 is 1.08 bits per heavy atom. The zero-order valence-corrected chi connectivity index (χ0v) is 9.67. The van der Waals surface area contributed by atoms with Gasteiger partial charge in [0.15, 0.2) is 0 Å². The van der Waals surface area contributed by atoms with Crippen molar-refractivity contribution < 1.29 is 0 Å². The van der Waals surface area contributed by atoms with E-state index in [-0.39, 0.29) is 0 Å². The molecule has 0 aromatic carbocycles. The molecule has 2 atom stereocenters. The molecule has 0 amide bonds. The first kappa shape index (κ1) is 11.0. The average Bonchev–Trinajstić information content (AvgIpc) is 1.97. The molecule has 0 aromatic rings. The highest BCUT2D eigenvalue weighted by atomic mass is 15.2. The summed E-state index contributed by atoms with van der Waals surface area (Å²) in [4.78, 5) is 2.55. The van der Waals surface area contributed by atoms with Crippen molar-refractivity contribution in [3.05, 3.63) is 0 Å². The van der Waals surface area contributed by atoms with Gasteiger partial charge < -0.3 is 5.73 Å². The van der Waals surface area contributed by atoms with Gasteiger partial charge in [0.05, 0.1) is 0 Å². The summed E-state index contributed by atoms with van der Waals surface area (Å²) in [6.45, 7) is 13.7. The third-order valence-electron chi connectivity index (χ3n) is 3.28. The van der Waals surface area contributed by atoms with E-state index in [2.05, 4.69) is 39.5 Å². The molecule has 0 radical (unpaired) electrons. The Labute approximate surface area is 82.5 Å². The molecule has 0 bridgehead atoms. The summed E-state index contributed by atoms with van der Waals surface area (Å²) in [5.41, 5.74) is 6.39. The molecular formula is C11H24N2. The molecule has 1 rings (SSSR count). The number of nitrogens with two attached hydrogens (primary N) is 1. The normalized spacial score (nSPS) is 37.8. The summed E-state index contributed by atoms with van der Waals surface area (Å²) in [5, 5.41) is 0. The van der Waals surface area contributed by atoms with E-state index < -0.39 is 0 Å². The maximum absolute atomic E-state index is 6.10. The van der Waals surface area contributed by atoms with Gasteiger partial charge in [-0.3, -0.25) is 4.90 Å². The number of nitrogens with zero attached hydrogens (tertiary/aromatic N) is 1. The number of rotatable bonds is 0. The largest absolute Gasteiger partial charge is 0.327 e. The van der Waals surface area contributed by atoms with E-state index in [0.717, 1.165) is 13.1 Å². The van der Waals surface area contributed by atoms with Crippen molar-refractivity contribution in [3.63, 3.8) is 0 Å². The quantitative estimate of drug-likeness (QED) is 0.621. The van der Waals surface area contributed by atoms with E-state index in [4.69, 9.17) is 5.73 Å². The molecule has 0 spiro atoms. The van der Waals surface area contributed by atoms with Crippen molar-refractivity contribution in [2.45, 2.75) is 46.2 Å². The predicted octanol–water partition coefficient (Wildman–Crippen LogP) is 1.70. The van der Waals surface area contributed by atoms with Gasteiger partial charge in [-0.1, -0.05) is 13.8 Å². The Bertz CT molecular complexity index is 159. The lowest BCUT2D eigenvalue weighted by Crippen LogP contribution is -2.56. The average molecular weight is 184 g/mol. The minimum atomic E-state index is 0.294. The van der Waals surface area contributed by atoms with Crippen LogP contribution >= 0.6 is 0 Å². The van der Waals surface area contributed by atoms with Crippen LogP contribution in [-0.4, -0.2) is 29.6 Å². The molecule has 2 N–H and O–H groups in total. The number of hydrogen-bond donors (Lipinski definition) is 1. The van der Waals surface area contributed by atoms with E-state index in [9.17, 15) is 0 Å². The summed E-state index contributed by atoms with van der Waals surface area (Å²) in [7, 11) is 0. The van der Waals surface area contributed by atoms with Crippen molar-refractivity contribution in [1.29, 1.82) is 0 Å². The van der Waals surface area contributed by atoms with Gasteiger partial charge in [0.25, 0.3) is 0 Å². The molecule has 1 saturated heterocycles. The molecule has 0 saturated carbocycles. The summed E-state index contributed by atoms with van der Waals surface area (Å²) >= 11 is 0. The van der Waals surface area contributed by atoms with Crippen molar-refractivity contribution in [3.8, 4) is 0 Å². The zero-order chi connectivity index (χ0) is 10.2. The third kappa shape index (κ3) is 2.44. The van der Waals surface area contributed by atoms with Crippen molar-refractivity contribution in [2.75, 3.05) is 13.1 Å². The number of piperidine rings is 1. The van der Waals surface area contributed by atoms with Gasteiger partial charge >= 0.3 is 0 Å². The highest BCUT2D eigenvalue weighted by Crippen LogP contribution is 2.25. The van der Waals surface area contributed by atoms with E-state index in [1.807, 2.05) is 0 Å². The van der Waals surface area contributed by atoms with Crippen LogP contribution in [0.1, 0.15) is 34.6 Å². The van der Waals surface area contributed by atoms with Crippen LogP contribution in [0.3, 0.4) is 0 Å². The minimum Gasteiger partial charge on any atom is -0.327 e. The van der Waals surface area contributed by atoms with Gasteiger partial charge in [0, 0.05) is 24.7 Å². The van der Waals surface area contributed by atoms with Gasteiger partial charge in [0.1, 0.15) is 0 Å². The Hall–Kier alpha value is -0.0800. The summed E-state index contributed by atoms with van der Waals surface area (Å²) in [6.07, 6.45) is 0. The molecule has 0 aliphatic carbocycles. The fourth-order valence-corrected chi connectivity index (χ4v) is 2.12. The SMILES string of the molecule is CC1CN(C(C)(C)C)CC(C)C1N. The second kappa shape index (κ2) is 3.58. The van der Waals surface area contributed by atoms with Crippen molar-refractivity contribution >= 4 is 0 Å². The van der Waals surface area contributed by atoms with Gasteiger partial charge in [-0.25, -0.2) is 0 Å². The highest BCUT2D eigenvalue weighted by Gasteiger charge is 2.33. The predicted molar refractivity (Wildman–Crippen MR) is 57.6 cm³/mol. The summed E-state index contributed by atoms with van der Waals surface area (Å²) in [5.74, 6) is 1.26. The topological polar surface area (TPSA) is 29.3 Å². The zero-order valence-electron chi connectivity index (χ0n) is 9.67. The molecule has 2 nitrogen and oxygen atoms in total. The highest BCUT2D eigenvalue weighted by molar-refractivity contribution is 4.90. The van der Waals surface area contributed by atoms with Crippen LogP contribution in [0.15, 0.2) is 0 Å². The smallest absolute Gasteiger partial charge is 0.0125 e. The van der Waals surface area contributed by atoms with E-state index in [1.165, 1.54) is 0 Å². The first-order chi connectivity index (χ1) is 5.82.